The third-order valence-electron chi connectivity index (χ3n) is 6.66. The molecule has 0 aliphatic carbocycles. The fraction of sp³-hybridized carbons (Fsp3) is 0.312. The second-order valence-electron chi connectivity index (χ2n) is 11.2. The number of aliphatic hydroxyl groups is 1. The molecule has 0 aliphatic heterocycles. The van der Waals surface area contributed by atoms with Crippen molar-refractivity contribution in [3.05, 3.63) is 109 Å². The number of alkyl halides is 4. The van der Waals surface area contributed by atoms with E-state index in [1.54, 1.807) is 19.1 Å². The number of benzene rings is 2. The van der Waals surface area contributed by atoms with Crippen LogP contribution in [0.2, 0.25) is 0 Å². The minimum Gasteiger partial charge on any atom is -0.465 e. The van der Waals surface area contributed by atoms with Crippen LogP contribution in [0.5, 0.6) is 0 Å². The molecule has 2 aromatic heterocycles. The van der Waals surface area contributed by atoms with Crippen LogP contribution in [0.25, 0.3) is 0 Å². The normalized spacial score (nSPS) is 11.1. The maximum Gasteiger partial charge on any atom is 0.449 e. The number of nitrogens with two attached hydrogens (primary N) is 1. The van der Waals surface area contributed by atoms with Crippen molar-refractivity contribution >= 4 is 151 Å². The van der Waals surface area contributed by atoms with Crippen molar-refractivity contribution in [2.24, 2.45) is 5.73 Å². The summed E-state index contributed by atoms with van der Waals surface area (Å²) < 4.78 is 83.2. The van der Waals surface area contributed by atoms with Crippen molar-refractivity contribution in [3.63, 3.8) is 0 Å². The minimum atomic E-state index is -4.37. The lowest BCUT2D eigenvalue weighted by molar-refractivity contribution is -0.153. The molecule has 6 atom stereocenters. The van der Waals surface area contributed by atoms with Gasteiger partial charge in [0.2, 0.25) is 5.76 Å². The van der Waals surface area contributed by atoms with E-state index in [0.717, 1.165) is 51.7 Å². The summed E-state index contributed by atoms with van der Waals surface area (Å²) in [7, 11) is 13.6. The van der Waals surface area contributed by atoms with E-state index in [2.05, 4.69) is 120 Å². The van der Waals surface area contributed by atoms with Gasteiger partial charge in [0, 0.05) is 43.6 Å². The molecule has 4 aromatic rings. The molecule has 2 heterocycles. The van der Waals surface area contributed by atoms with Crippen LogP contribution in [0.15, 0.2) is 66.8 Å². The quantitative estimate of drug-likeness (QED) is 0.0486. The van der Waals surface area contributed by atoms with Crippen LogP contribution >= 0.6 is 129 Å². The second-order valence-corrected chi connectivity index (χ2v) is 52.2. The maximum absolute atomic E-state index is 13.6. The van der Waals surface area contributed by atoms with Gasteiger partial charge in [0.05, 0.1) is 23.4 Å². The molecule has 2 aromatic carbocycles. The number of furan rings is 1. The number of ether oxygens (including phenoxy) is 1. The van der Waals surface area contributed by atoms with Crippen LogP contribution < -0.4 is 5.73 Å². The zero-order valence-electron chi connectivity index (χ0n) is 32.4. The molecule has 28 heteroatoms. The van der Waals surface area contributed by atoms with Gasteiger partial charge in [-0.2, -0.15) is 13.2 Å². The lowest BCUT2D eigenvalue weighted by Gasteiger charge is -2.27. The summed E-state index contributed by atoms with van der Waals surface area (Å²) in [4.78, 5) is 29.3. The lowest BCUT2D eigenvalue weighted by atomic mass is 10.2. The Morgan fingerprint density at radius 3 is 1.78 bits per heavy atom. The molecule has 6 unspecified atom stereocenters. The zero-order valence-corrected chi connectivity index (χ0v) is 48.5. The summed E-state index contributed by atoms with van der Waals surface area (Å²) in [5.41, 5.74) is 8.92. The highest BCUT2D eigenvalue weighted by Gasteiger charge is 2.34. The number of aryl methyl sites for hydroxylation is 3. The van der Waals surface area contributed by atoms with Gasteiger partial charge in [-0.25, -0.2) is 22.8 Å². The van der Waals surface area contributed by atoms with Gasteiger partial charge in [0.15, 0.2) is 15.6 Å². The van der Waals surface area contributed by atoms with E-state index in [1.165, 1.54) is 6.07 Å². The molecular formula is C32H46Br3F4N3O7P10S. The Labute approximate surface area is 392 Å². The number of hydrogen-bond acceptors (Lipinski definition) is 10. The number of halogens is 7. The molecule has 0 fully saturated rings. The number of hydrogen-bond donors (Lipinski definition) is 2. The molecule has 0 amide bonds. The Balaban J connectivity index is 0.000000749. The van der Waals surface area contributed by atoms with Gasteiger partial charge < -0.3 is 20.0 Å². The fourth-order valence-corrected chi connectivity index (χ4v) is 93.3. The monoisotopic (exact) mass is 1240 g/mol. The van der Waals surface area contributed by atoms with E-state index < -0.39 is 50.8 Å². The first-order valence-electron chi connectivity index (χ1n) is 16.4. The average Bonchev–Trinajstić information content (AvgIpc) is 3.63. The van der Waals surface area contributed by atoms with Crippen LogP contribution in [-0.4, -0.2) is 48.1 Å². The van der Waals surface area contributed by atoms with Crippen molar-refractivity contribution < 1.29 is 49.8 Å². The number of carbonyl (C=O) groups is 2. The SMILES string of the molecule is CCOC(=O)CS(=O)(=O)c1cc(Br)cc(F)c1CO.Cc1nc(C)c(CN)c(C)n1.FC(F)(F)c1ccc(CBr)o1.O=Cc1ccc(Br)cc1.PP(P)P(P(P)P)P(P)P. The highest BCUT2D eigenvalue weighted by atomic mass is 79.9. The molecule has 336 valence electrons. The smallest absolute Gasteiger partial charge is 0.449 e. The summed E-state index contributed by atoms with van der Waals surface area (Å²) in [5, 5.41) is 9.35. The lowest BCUT2D eigenvalue weighted by Crippen LogP contribution is -2.20. The molecule has 0 saturated heterocycles. The number of carbonyl (C=O) groups excluding carboxylic acids is 2. The van der Waals surface area contributed by atoms with Crippen LogP contribution in [0.3, 0.4) is 0 Å². The molecule has 3 N–H and O–H groups in total. The topological polar surface area (TPSA) is 163 Å². The molecule has 0 saturated carbocycles. The molecule has 0 radical (unpaired) electrons. The van der Waals surface area contributed by atoms with Crippen molar-refractivity contribution in [2.75, 3.05) is 12.4 Å². The minimum absolute atomic E-state index is 0.0497. The zero-order chi connectivity index (χ0) is 46.5. The van der Waals surface area contributed by atoms with E-state index in [-0.39, 0.29) is 50.4 Å². The van der Waals surface area contributed by atoms with Gasteiger partial charge in [-0.1, -0.05) is 59.9 Å². The summed E-state index contributed by atoms with van der Waals surface area (Å²) >= 11 is 9.20. The second kappa shape index (κ2) is 31.3. The van der Waals surface area contributed by atoms with Gasteiger partial charge in [0.25, 0.3) is 0 Å². The van der Waals surface area contributed by atoms with Crippen molar-refractivity contribution in [1.29, 1.82) is 0 Å². The Hall–Kier alpha value is 1.27. The fourth-order valence-electron chi connectivity index (χ4n) is 4.15. The maximum atomic E-state index is 13.6. The predicted molar refractivity (Wildman–Crippen MR) is 275 cm³/mol. The average molecular weight is 1240 g/mol. The van der Waals surface area contributed by atoms with Gasteiger partial charge in [-0.3, -0.25) is 9.59 Å². The molecule has 0 bridgehead atoms. The summed E-state index contributed by atoms with van der Waals surface area (Å²) in [6.45, 7) is 7.78. The van der Waals surface area contributed by atoms with Crippen molar-refractivity contribution in [3.8, 4) is 0 Å². The third kappa shape index (κ3) is 23.6. The Bertz CT molecular complexity index is 2020. The molecule has 60 heavy (non-hydrogen) atoms. The first kappa shape index (κ1) is 61.3. The number of aliphatic hydroxyl groups excluding tert-OH is 1. The summed E-state index contributed by atoms with van der Waals surface area (Å²) in [5.74, 6) is -2.54. The number of nitrogens with zero attached hydrogens (tertiary/aromatic N) is 2. The van der Waals surface area contributed by atoms with Gasteiger partial charge in [-0.05, 0) is 92.0 Å². The predicted octanol–water partition coefficient (Wildman–Crippen LogP) is 13.1. The van der Waals surface area contributed by atoms with Crippen LogP contribution in [-0.2, 0) is 44.0 Å². The molecule has 0 spiro atoms. The summed E-state index contributed by atoms with van der Waals surface area (Å²) in [6.07, 6.45) is -3.55. The van der Waals surface area contributed by atoms with Crippen molar-refractivity contribution in [2.45, 2.75) is 57.2 Å². The van der Waals surface area contributed by atoms with E-state index in [9.17, 15) is 35.6 Å². The Morgan fingerprint density at radius 2 is 1.43 bits per heavy atom. The van der Waals surface area contributed by atoms with Gasteiger partial charge in [0.1, 0.15) is 23.7 Å². The van der Waals surface area contributed by atoms with E-state index in [1.807, 2.05) is 32.9 Å². The number of rotatable bonds is 11. The summed E-state index contributed by atoms with van der Waals surface area (Å²) in [6, 6.07) is 11.6. The first-order chi connectivity index (χ1) is 27.8. The molecular weight excluding hydrogens is 1200 g/mol. The Kier molecular flexibility index (Phi) is 31.9. The number of aldehydes is 1. The number of esters is 1. The molecule has 10 nitrogen and oxygen atoms in total. The standard InChI is InChI=1S/C11H12BrFO5S.C8H13N3.C7H5BrO.C6H4BrF3O.H12P10/c1-2-18-11(15)6-19(16,17)10-4-7(12)3-9(13)8(10)5-14;1-5-8(4-9)6(2)11-7(3)10-5;8-7-3-1-6(5-9)2-4-7;7-3-4-1-2-5(11-4)6(8,9)10;1-7(2)10(8(3)4)9(5)6/h3-4,14H,2,5-6H2,1H3;4,9H2,1-3H3;1-5H;1-2H,3H2;1-6H2. The van der Waals surface area contributed by atoms with Crippen molar-refractivity contribution in [1.82, 2.24) is 9.97 Å². The first-order valence-corrected chi connectivity index (χ1v) is 37.9. The third-order valence-corrected chi connectivity index (χ3v) is 59.4. The highest BCUT2D eigenvalue weighted by Crippen LogP contribution is 3.10. The number of sulfone groups is 1. The van der Waals surface area contributed by atoms with Crippen LogP contribution in [0, 0.1) is 26.6 Å². The number of aromatic nitrogens is 2. The van der Waals surface area contributed by atoms with Crippen LogP contribution in [0.4, 0.5) is 17.6 Å². The van der Waals surface area contributed by atoms with E-state index >= 15 is 0 Å². The Morgan fingerprint density at radius 1 is 0.917 bits per heavy atom. The van der Waals surface area contributed by atoms with Gasteiger partial charge >= 0.3 is 12.1 Å². The van der Waals surface area contributed by atoms with Gasteiger partial charge in [-0.15, -0.1) is 53.6 Å². The molecule has 0 aliphatic rings. The largest absolute Gasteiger partial charge is 0.465 e. The van der Waals surface area contributed by atoms with Crippen LogP contribution in [0.1, 0.15) is 57.1 Å². The highest BCUT2D eigenvalue weighted by molar-refractivity contribution is 9.16. The molecule has 4 rings (SSSR count). The van der Waals surface area contributed by atoms with E-state index in [4.69, 9.17) is 10.8 Å². The van der Waals surface area contributed by atoms with E-state index in [0.29, 0.717) is 17.4 Å².